The average Bonchev–Trinajstić information content (AvgIpc) is 3.03. The Morgan fingerprint density at radius 3 is 2.71 bits per heavy atom. The smallest absolute Gasteiger partial charge is 0.231 e. The van der Waals surface area contributed by atoms with E-state index in [1.54, 1.807) is 18.5 Å². The molecule has 0 unspecified atom stereocenters. The first-order valence-electron chi connectivity index (χ1n) is 7.38. The van der Waals surface area contributed by atoms with Crippen molar-refractivity contribution in [2.75, 3.05) is 5.32 Å². The Kier molecular flexibility index (Phi) is 5.55. The van der Waals surface area contributed by atoms with Crippen molar-refractivity contribution in [3.63, 3.8) is 0 Å². The van der Waals surface area contributed by atoms with E-state index < -0.39 is 0 Å². The molecule has 2 aromatic heterocycles. The number of rotatable bonds is 6. The molecule has 122 valence electrons. The lowest BCUT2D eigenvalue weighted by molar-refractivity contribution is -0.115. The van der Waals surface area contributed by atoms with E-state index in [0.717, 1.165) is 27.1 Å². The van der Waals surface area contributed by atoms with E-state index in [-0.39, 0.29) is 12.3 Å². The van der Waals surface area contributed by atoms with Crippen molar-refractivity contribution in [3.05, 3.63) is 64.4 Å². The number of hydrogen-bond donors (Lipinski definition) is 1. The molecule has 0 bridgehead atoms. The van der Waals surface area contributed by atoms with Crippen LogP contribution in [0.5, 0.6) is 0 Å². The molecule has 0 aliphatic rings. The SMILES string of the molecule is Cc1ccc(NC(=O)Cc2nc(CSc3ncccn3)cs2)cc1. The molecule has 0 saturated heterocycles. The fraction of sp³-hybridized carbons (Fsp3) is 0.176. The van der Waals surface area contributed by atoms with Gasteiger partial charge in [-0.05, 0) is 25.1 Å². The van der Waals surface area contributed by atoms with E-state index in [0.29, 0.717) is 5.75 Å². The number of carbonyl (C=O) groups excluding carboxylic acids is 1. The fourth-order valence-electron chi connectivity index (χ4n) is 1.97. The second kappa shape index (κ2) is 8.03. The second-order valence-corrected chi connectivity index (χ2v) is 7.03. The van der Waals surface area contributed by atoms with Gasteiger partial charge in [-0.25, -0.2) is 15.0 Å². The van der Waals surface area contributed by atoms with Crippen LogP contribution in [0.15, 0.2) is 53.3 Å². The number of hydrogen-bond acceptors (Lipinski definition) is 6. The van der Waals surface area contributed by atoms with Crippen molar-refractivity contribution in [2.45, 2.75) is 24.3 Å². The average molecular weight is 356 g/mol. The first kappa shape index (κ1) is 16.6. The predicted octanol–water partition coefficient (Wildman–Crippen LogP) is 3.72. The summed E-state index contributed by atoms with van der Waals surface area (Å²) in [6, 6.07) is 9.53. The minimum Gasteiger partial charge on any atom is -0.326 e. The van der Waals surface area contributed by atoms with E-state index >= 15 is 0 Å². The molecule has 0 saturated carbocycles. The minimum absolute atomic E-state index is 0.0567. The Bertz CT molecular complexity index is 803. The molecule has 5 nitrogen and oxygen atoms in total. The van der Waals surface area contributed by atoms with Gasteiger partial charge in [0, 0.05) is 29.2 Å². The molecule has 0 radical (unpaired) electrons. The number of nitrogens with one attached hydrogen (secondary N) is 1. The molecule has 1 aromatic carbocycles. The quantitative estimate of drug-likeness (QED) is 0.539. The third-order valence-electron chi connectivity index (χ3n) is 3.14. The highest BCUT2D eigenvalue weighted by atomic mass is 32.2. The van der Waals surface area contributed by atoms with Gasteiger partial charge in [0.15, 0.2) is 5.16 Å². The summed E-state index contributed by atoms with van der Waals surface area (Å²) in [5, 5.41) is 6.40. The number of aromatic nitrogens is 3. The summed E-state index contributed by atoms with van der Waals surface area (Å²) in [5.74, 6) is 0.638. The van der Waals surface area contributed by atoms with Crippen LogP contribution in [0, 0.1) is 6.92 Å². The van der Waals surface area contributed by atoms with Gasteiger partial charge in [0.05, 0.1) is 12.1 Å². The molecule has 0 aliphatic heterocycles. The minimum atomic E-state index is -0.0567. The Morgan fingerprint density at radius 2 is 1.96 bits per heavy atom. The largest absolute Gasteiger partial charge is 0.326 e. The van der Waals surface area contributed by atoms with Crippen LogP contribution in [0.25, 0.3) is 0 Å². The molecule has 1 N–H and O–H groups in total. The Morgan fingerprint density at radius 1 is 1.21 bits per heavy atom. The zero-order valence-electron chi connectivity index (χ0n) is 13.1. The van der Waals surface area contributed by atoms with Gasteiger partial charge in [-0.1, -0.05) is 29.5 Å². The van der Waals surface area contributed by atoms with Gasteiger partial charge < -0.3 is 5.32 Å². The zero-order chi connectivity index (χ0) is 16.8. The molecule has 3 rings (SSSR count). The summed E-state index contributed by atoms with van der Waals surface area (Å²) in [4.78, 5) is 24.9. The number of carbonyl (C=O) groups is 1. The van der Waals surface area contributed by atoms with Crippen LogP contribution in [-0.2, 0) is 17.0 Å². The van der Waals surface area contributed by atoms with E-state index in [9.17, 15) is 4.79 Å². The molecule has 0 fully saturated rings. The lowest BCUT2D eigenvalue weighted by Crippen LogP contribution is -2.14. The zero-order valence-corrected chi connectivity index (χ0v) is 14.7. The fourth-order valence-corrected chi connectivity index (χ4v) is 3.57. The van der Waals surface area contributed by atoms with Crippen molar-refractivity contribution in [2.24, 2.45) is 0 Å². The number of benzene rings is 1. The highest BCUT2D eigenvalue weighted by molar-refractivity contribution is 7.98. The molecule has 24 heavy (non-hydrogen) atoms. The van der Waals surface area contributed by atoms with Crippen molar-refractivity contribution in [1.29, 1.82) is 0 Å². The summed E-state index contributed by atoms with van der Waals surface area (Å²) >= 11 is 3.03. The standard InChI is InChI=1S/C17H16N4OS2/c1-12-3-5-13(6-4-12)20-15(22)9-16-21-14(10-23-16)11-24-17-18-7-2-8-19-17/h2-8,10H,9,11H2,1H3,(H,20,22). The monoisotopic (exact) mass is 356 g/mol. The van der Waals surface area contributed by atoms with Gasteiger partial charge in [-0.2, -0.15) is 0 Å². The third-order valence-corrected chi connectivity index (χ3v) is 4.94. The van der Waals surface area contributed by atoms with Crippen LogP contribution >= 0.6 is 23.1 Å². The van der Waals surface area contributed by atoms with Crippen molar-refractivity contribution in [3.8, 4) is 0 Å². The third kappa shape index (κ3) is 4.87. The van der Waals surface area contributed by atoms with Crippen LogP contribution in [-0.4, -0.2) is 20.9 Å². The highest BCUT2D eigenvalue weighted by Crippen LogP contribution is 2.20. The maximum absolute atomic E-state index is 12.1. The number of aryl methyl sites for hydroxylation is 1. The molecule has 0 atom stereocenters. The number of thiazole rings is 1. The van der Waals surface area contributed by atoms with E-state index in [1.165, 1.54) is 23.1 Å². The summed E-state index contributed by atoms with van der Waals surface area (Å²) < 4.78 is 0. The van der Waals surface area contributed by atoms with Gasteiger partial charge in [-0.15, -0.1) is 11.3 Å². The molecular weight excluding hydrogens is 340 g/mol. The number of thioether (sulfide) groups is 1. The Labute approximate surface area is 148 Å². The highest BCUT2D eigenvalue weighted by Gasteiger charge is 2.09. The molecular formula is C17H16N4OS2. The van der Waals surface area contributed by atoms with Crippen molar-refractivity contribution in [1.82, 2.24) is 15.0 Å². The molecule has 3 aromatic rings. The lowest BCUT2D eigenvalue weighted by atomic mass is 10.2. The molecule has 0 spiro atoms. The summed E-state index contributed by atoms with van der Waals surface area (Å²) in [6.07, 6.45) is 3.72. The summed E-state index contributed by atoms with van der Waals surface area (Å²) in [7, 11) is 0. The molecule has 7 heteroatoms. The van der Waals surface area contributed by atoms with Crippen LogP contribution < -0.4 is 5.32 Å². The van der Waals surface area contributed by atoms with Gasteiger partial charge in [-0.3, -0.25) is 4.79 Å². The lowest BCUT2D eigenvalue weighted by Gasteiger charge is -2.04. The van der Waals surface area contributed by atoms with E-state index in [2.05, 4.69) is 20.3 Å². The van der Waals surface area contributed by atoms with Crippen LogP contribution in [0.3, 0.4) is 0 Å². The second-order valence-electron chi connectivity index (χ2n) is 5.14. The first-order chi connectivity index (χ1) is 11.7. The number of anilines is 1. The maximum atomic E-state index is 12.1. The van der Waals surface area contributed by atoms with Crippen molar-refractivity contribution >= 4 is 34.7 Å². The molecule has 0 aliphatic carbocycles. The van der Waals surface area contributed by atoms with E-state index in [1.807, 2.05) is 36.6 Å². The topological polar surface area (TPSA) is 67.8 Å². The first-order valence-corrected chi connectivity index (χ1v) is 9.25. The van der Waals surface area contributed by atoms with Gasteiger partial charge in [0.1, 0.15) is 5.01 Å². The van der Waals surface area contributed by atoms with Gasteiger partial charge >= 0.3 is 0 Å². The normalized spacial score (nSPS) is 10.5. The summed E-state index contributed by atoms with van der Waals surface area (Å²) in [6.45, 7) is 2.02. The number of amides is 1. The molecule has 1 amide bonds. The molecule has 2 heterocycles. The Hall–Kier alpha value is -2.25. The van der Waals surface area contributed by atoms with Gasteiger partial charge in [0.25, 0.3) is 0 Å². The predicted molar refractivity (Wildman–Crippen MR) is 97.2 cm³/mol. The van der Waals surface area contributed by atoms with Crippen molar-refractivity contribution < 1.29 is 4.79 Å². The van der Waals surface area contributed by atoms with Gasteiger partial charge in [0.2, 0.25) is 5.91 Å². The van der Waals surface area contributed by atoms with E-state index in [4.69, 9.17) is 0 Å². The van der Waals surface area contributed by atoms with Crippen LogP contribution in [0.1, 0.15) is 16.3 Å². The van der Waals surface area contributed by atoms with Crippen LogP contribution in [0.2, 0.25) is 0 Å². The van der Waals surface area contributed by atoms with Crippen LogP contribution in [0.4, 0.5) is 5.69 Å². The number of nitrogens with zero attached hydrogens (tertiary/aromatic N) is 3. The Balaban J connectivity index is 1.51. The summed E-state index contributed by atoms with van der Waals surface area (Å²) in [5.41, 5.74) is 2.91. The maximum Gasteiger partial charge on any atom is 0.231 e.